The highest BCUT2D eigenvalue weighted by Crippen LogP contribution is 2.49. The maximum atomic E-state index is 13.8. The van der Waals surface area contributed by atoms with Crippen LogP contribution in [0.1, 0.15) is 61.8 Å². The summed E-state index contributed by atoms with van der Waals surface area (Å²) in [6.45, 7) is 7.12. The highest BCUT2D eigenvalue weighted by molar-refractivity contribution is 5.86. The Kier molecular flexibility index (Phi) is 5.71. The van der Waals surface area contributed by atoms with Crippen LogP contribution in [0.2, 0.25) is 0 Å². The second-order valence-corrected chi connectivity index (χ2v) is 11.5. The van der Waals surface area contributed by atoms with Gasteiger partial charge in [0.1, 0.15) is 5.75 Å². The first-order chi connectivity index (χ1) is 17.6. The van der Waals surface area contributed by atoms with Gasteiger partial charge in [-0.3, -0.25) is 4.79 Å². The summed E-state index contributed by atoms with van der Waals surface area (Å²) in [5, 5.41) is 0. The van der Waals surface area contributed by atoms with E-state index < -0.39 is 23.4 Å². The van der Waals surface area contributed by atoms with Crippen LogP contribution in [0.5, 0.6) is 5.75 Å². The number of alkyl halides is 3. The fourth-order valence-electron chi connectivity index (χ4n) is 6.91. The first kappa shape index (κ1) is 24.5. The number of ether oxygens (including phenoxy) is 1. The second-order valence-electron chi connectivity index (χ2n) is 11.5. The Balaban J connectivity index is 1.14. The van der Waals surface area contributed by atoms with Crippen LogP contribution in [0, 0.1) is 11.3 Å². The molecule has 0 saturated carbocycles. The minimum atomic E-state index is -4.42. The molecule has 3 heterocycles. The van der Waals surface area contributed by atoms with Gasteiger partial charge < -0.3 is 14.5 Å². The summed E-state index contributed by atoms with van der Waals surface area (Å²) in [5.41, 5.74) is 2.02. The Bertz CT molecular complexity index is 1250. The minimum absolute atomic E-state index is 0.0108. The monoisotopic (exact) mass is 510 g/mol. The minimum Gasteiger partial charge on any atom is -0.470 e. The summed E-state index contributed by atoms with van der Waals surface area (Å²) in [6, 6.07) is 12.2. The van der Waals surface area contributed by atoms with Gasteiger partial charge in [-0.25, -0.2) is 0 Å². The van der Waals surface area contributed by atoms with Crippen molar-refractivity contribution < 1.29 is 22.7 Å². The normalized spacial score (nSPS) is 26.4. The number of hydrogen-bond donors (Lipinski definition) is 0. The van der Waals surface area contributed by atoms with Gasteiger partial charge in [-0.2, -0.15) is 13.2 Å². The summed E-state index contributed by atoms with van der Waals surface area (Å²) in [6.07, 6.45) is 3.21. The second kappa shape index (κ2) is 8.62. The lowest BCUT2D eigenvalue weighted by atomic mass is 9.72. The molecule has 4 aliphatic rings. The van der Waals surface area contributed by atoms with Crippen molar-refractivity contribution in [2.45, 2.75) is 63.9 Å². The number of carbonyl (C=O) groups excluding carboxylic acids is 1. The number of fused-ring (bicyclic) bond motifs is 4. The molecule has 2 aromatic carbocycles. The van der Waals surface area contributed by atoms with Crippen molar-refractivity contribution in [1.29, 1.82) is 0 Å². The highest BCUT2D eigenvalue weighted by atomic mass is 19.4. The summed E-state index contributed by atoms with van der Waals surface area (Å²) in [4.78, 5) is 17.9. The van der Waals surface area contributed by atoms with Crippen molar-refractivity contribution >= 4 is 12.0 Å². The van der Waals surface area contributed by atoms with Crippen molar-refractivity contribution in [1.82, 2.24) is 9.80 Å². The number of amides is 1. The molecule has 7 heteroatoms. The SMILES string of the molecule is CC(C)C1(CCN2CCC3(C=Cc4ccccc43)CC2)CC2Oc3ccc(C(F)(F)F)cc3CN2C1=O. The summed E-state index contributed by atoms with van der Waals surface area (Å²) < 4.78 is 45.9. The summed E-state index contributed by atoms with van der Waals surface area (Å²) in [5.74, 6) is 0.563. The van der Waals surface area contributed by atoms with Crippen LogP contribution in [0.4, 0.5) is 13.2 Å². The van der Waals surface area contributed by atoms with Crippen molar-refractivity contribution in [2.75, 3.05) is 19.6 Å². The van der Waals surface area contributed by atoms with Crippen molar-refractivity contribution in [2.24, 2.45) is 11.3 Å². The Morgan fingerprint density at radius 3 is 2.59 bits per heavy atom. The maximum absolute atomic E-state index is 13.8. The molecule has 2 saturated heterocycles. The number of rotatable bonds is 4. The lowest BCUT2D eigenvalue weighted by Gasteiger charge is -2.41. The number of halogens is 3. The third-order valence-corrected chi connectivity index (χ3v) is 9.37. The molecule has 0 aromatic heterocycles. The van der Waals surface area contributed by atoms with Crippen LogP contribution in [0.3, 0.4) is 0 Å². The van der Waals surface area contributed by atoms with Crippen molar-refractivity contribution in [3.63, 3.8) is 0 Å². The van der Waals surface area contributed by atoms with E-state index in [1.807, 2.05) is 0 Å². The molecule has 1 spiro atoms. The smallest absolute Gasteiger partial charge is 0.416 e. The molecule has 1 aliphatic carbocycles. The average Bonchev–Trinajstić information content (AvgIpc) is 3.37. The van der Waals surface area contributed by atoms with E-state index in [2.05, 4.69) is 55.2 Å². The molecule has 196 valence electrons. The van der Waals surface area contributed by atoms with Crippen LogP contribution >= 0.6 is 0 Å². The molecule has 3 aliphatic heterocycles. The quantitative estimate of drug-likeness (QED) is 0.488. The molecule has 1 amide bonds. The van der Waals surface area contributed by atoms with Gasteiger partial charge in [-0.1, -0.05) is 50.3 Å². The molecular weight excluding hydrogens is 477 g/mol. The molecule has 0 radical (unpaired) electrons. The zero-order valence-corrected chi connectivity index (χ0v) is 21.4. The van der Waals surface area contributed by atoms with E-state index in [1.54, 1.807) is 4.90 Å². The largest absolute Gasteiger partial charge is 0.470 e. The third-order valence-electron chi connectivity index (χ3n) is 9.37. The molecule has 37 heavy (non-hydrogen) atoms. The fraction of sp³-hybridized carbons (Fsp3) is 0.500. The molecule has 6 rings (SSSR count). The summed E-state index contributed by atoms with van der Waals surface area (Å²) in [7, 11) is 0. The van der Waals surface area contributed by atoms with Gasteiger partial charge in [0, 0.05) is 17.4 Å². The maximum Gasteiger partial charge on any atom is 0.416 e. The van der Waals surface area contributed by atoms with E-state index in [1.165, 1.54) is 17.2 Å². The predicted octanol–water partition coefficient (Wildman–Crippen LogP) is 6.25. The van der Waals surface area contributed by atoms with Gasteiger partial charge in [-0.15, -0.1) is 0 Å². The fourth-order valence-corrected chi connectivity index (χ4v) is 6.91. The standard InChI is InChI=1S/C30H33F3N2O2/c1-20(2)29(13-16-34-14-11-28(12-15-34)10-9-21-5-3-4-6-24(21)28)18-26-35(27(29)36)19-22-17-23(30(31,32)33)7-8-25(22)37-26/h3-10,17,20,26H,11-16,18-19H2,1-2H3. The third kappa shape index (κ3) is 3.97. The number of piperidine rings is 1. The van der Waals surface area contributed by atoms with E-state index >= 15 is 0 Å². The summed E-state index contributed by atoms with van der Waals surface area (Å²) >= 11 is 0. The Hall–Kier alpha value is -2.80. The van der Waals surface area contributed by atoms with E-state index in [9.17, 15) is 18.0 Å². The highest BCUT2D eigenvalue weighted by Gasteiger charge is 2.55. The topological polar surface area (TPSA) is 32.8 Å². The number of carbonyl (C=O) groups is 1. The number of allylic oxidation sites excluding steroid dienone is 1. The van der Waals surface area contributed by atoms with Crippen LogP contribution in [-0.2, 0) is 22.9 Å². The number of likely N-dealkylation sites (tertiary alicyclic amines) is 1. The van der Waals surface area contributed by atoms with E-state index in [0.717, 1.165) is 51.0 Å². The van der Waals surface area contributed by atoms with Gasteiger partial charge in [0.2, 0.25) is 5.91 Å². The number of hydrogen-bond acceptors (Lipinski definition) is 3. The molecule has 2 unspecified atom stereocenters. The lowest BCUT2D eigenvalue weighted by molar-refractivity contribution is -0.142. The van der Waals surface area contributed by atoms with Crippen LogP contribution in [0.25, 0.3) is 6.08 Å². The number of benzene rings is 2. The molecule has 0 bridgehead atoms. The predicted molar refractivity (Wildman–Crippen MR) is 136 cm³/mol. The lowest BCUT2D eigenvalue weighted by Crippen LogP contribution is -2.45. The van der Waals surface area contributed by atoms with Crippen LogP contribution < -0.4 is 4.74 Å². The van der Waals surface area contributed by atoms with E-state index in [-0.39, 0.29) is 23.8 Å². The molecule has 2 aromatic rings. The van der Waals surface area contributed by atoms with Crippen LogP contribution in [-0.4, -0.2) is 41.6 Å². The molecule has 2 atom stereocenters. The van der Waals surface area contributed by atoms with Crippen molar-refractivity contribution in [3.8, 4) is 5.75 Å². The van der Waals surface area contributed by atoms with Gasteiger partial charge in [0.05, 0.1) is 17.5 Å². The number of nitrogens with zero attached hydrogens (tertiary/aromatic N) is 2. The van der Waals surface area contributed by atoms with Crippen molar-refractivity contribution in [3.05, 3.63) is 70.8 Å². The zero-order chi connectivity index (χ0) is 26.0. The molecule has 0 N–H and O–H groups in total. The molecular formula is C30H33F3N2O2. The van der Waals surface area contributed by atoms with Gasteiger partial charge >= 0.3 is 6.18 Å². The van der Waals surface area contributed by atoms with E-state index in [0.29, 0.717) is 17.7 Å². The average molecular weight is 511 g/mol. The van der Waals surface area contributed by atoms with Gasteiger partial charge in [-0.05, 0) is 74.1 Å². The zero-order valence-electron chi connectivity index (χ0n) is 21.4. The van der Waals surface area contributed by atoms with Crippen LogP contribution in [0.15, 0.2) is 48.5 Å². The Labute approximate surface area is 216 Å². The first-order valence-corrected chi connectivity index (χ1v) is 13.3. The Morgan fingerprint density at radius 1 is 1.11 bits per heavy atom. The Morgan fingerprint density at radius 2 is 1.86 bits per heavy atom. The van der Waals surface area contributed by atoms with Gasteiger partial charge in [0.15, 0.2) is 6.23 Å². The molecule has 2 fully saturated rings. The van der Waals surface area contributed by atoms with Gasteiger partial charge in [0.25, 0.3) is 0 Å². The first-order valence-electron chi connectivity index (χ1n) is 13.3. The molecule has 4 nitrogen and oxygen atoms in total. The van der Waals surface area contributed by atoms with E-state index in [4.69, 9.17) is 4.74 Å².